The Morgan fingerprint density at radius 1 is 1.06 bits per heavy atom. The maximum absolute atomic E-state index is 13.9. The number of nitrogens with zero attached hydrogens (tertiary/aromatic N) is 4. The van der Waals surface area contributed by atoms with Gasteiger partial charge in [0.05, 0.1) is 11.8 Å². The van der Waals surface area contributed by atoms with Crippen LogP contribution in [0.5, 0.6) is 0 Å². The van der Waals surface area contributed by atoms with Crippen LogP contribution in [0.3, 0.4) is 0 Å². The van der Waals surface area contributed by atoms with Crippen molar-refractivity contribution >= 4 is 34.3 Å². The van der Waals surface area contributed by atoms with Crippen molar-refractivity contribution in [1.82, 2.24) is 20.3 Å². The van der Waals surface area contributed by atoms with Crippen LogP contribution < -0.4 is 10.2 Å². The molecule has 4 rings (SSSR count). The second-order valence-corrected chi connectivity index (χ2v) is 9.00. The third-order valence-electron chi connectivity index (χ3n) is 5.84. The van der Waals surface area contributed by atoms with Gasteiger partial charge in [-0.05, 0) is 55.7 Å². The summed E-state index contributed by atoms with van der Waals surface area (Å²) >= 11 is 0. The lowest BCUT2D eigenvalue weighted by atomic mass is 10.1. The minimum Gasteiger partial charge on any atom is -0.467 e. The number of hydrogen-bond acceptors (Lipinski definition) is 6. The number of Topliss-reactive ketones (excluding diaryl/α,β-unsaturated/α-hetero) is 1. The van der Waals surface area contributed by atoms with Gasteiger partial charge in [-0.1, -0.05) is 43.3 Å². The quantitative estimate of drug-likeness (QED) is 0.336. The number of anilines is 1. The van der Waals surface area contributed by atoms with Crippen molar-refractivity contribution < 1.29 is 18.8 Å². The molecule has 0 saturated heterocycles. The van der Waals surface area contributed by atoms with Crippen molar-refractivity contribution in [3.63, 3.8) is 0 Å². The standard InChI is InChI=1S/C27H29N5O4/c1-18(2)13-14-28-27(35)26(24-12-7-15-36-24)32(21-9-6-8-20(16-21)19(3)33)25(34)17-31-23-11-5-4-10-22(23)29-30-31/h4-12,15-16,18,26H,13-14,17H2,1-3H3,(H,28,35)/t26-/m0/s1. The molecule has 0 spiro atoms. The molecule has 0 bridgehead atoms. The van der Waals surface area contributed by atoms with Gasteiger partial charge in [0.1, 0.15) is 17.8 Å². The summed E-state index contributed by atoms with van der Waals surface area (Å²) in [5.41, 5.74) is 2.18. The molecule has 1 N–H and O–H groups in total. The maximum atomic E-state index is 13.9. The molecule has 186 valence electrons. The molecule has 2 heterocycles. The summed E-state index contributed by atoms with van der Waals surface area (Å²) in [4.78, 5) is 40.9. The molecule has 0 fully saturated rings. The number of ketones is 1. The lowest BCUT2D eigenvalue weighted by Crippen LogP contribution is -2.45. The highest BCUT2D eigenvalue weighted by atomic mass is 16.3. The summed E-state index contributed by atoms with van der Waals surface area (Å²) in [6.07, 6.45) is 2.25. The topological polar surface area (TPSA) is 110 Å². The van der Waals surface area contributed by atoms with Crippen LogP contribution >= 0.6 is 0 Å². The second kappa shape index (κ2) is 11.0. The molecule has 0 radical (unpaired) electrons. The van der Waals surface area contributed by atoms with Crippen molar-refractivity contribution in [1.29, 1.82) is 0 Å². The molecular weight excluding hydrogens is 458 g/mol. The van der Waals surface area contributed by atoms with Crippen molar-refractivity contribution in [2.24, 2.45) is 5.92 Å². The Morgan fingerprint density at radius 2 is 1.86 bits per heavy atom. The van der Waals surface area contributed by atoms with Gasteiger partial charge >= 0.3 is 0 Å². The van der Waals surface area contributed by atoms with Crippen LogP contribution in [0.1, 0.15) is 49.4 Å². The molecule has 0 aliphatic carbocycles. The van der Waals surface area contributed by atoms with Crippen LogP contribution in [-0.4, -0.2) is 39.1 Å². The van der Waals surface area contributed by atoms with E-state index in [9.17, 15) is 14.4 Å². The number of amides is 2. The van der Waals surface area contributed by atoms with E-state index in [1.807, 2.05) is 24.3 Å². The molecule has 1 atom stereocenters. The molecule has 9 nitrogen and oxygen atoms in total. The first-order valence-electron chi connectivity index (χ1n) is 11.9. The first-order valence-corrected chi connectivity index (χ1v) is 11.9. The second-order valence-electron chi connectivity index (χ2n) is 9.00. The number of hydrogen-bond donors (Lipinski definition) is 1. The van der Waals surface area contributed by atoms with E-state index >= 15 is 0 Å². The number of rotatable bonds is 10. The van der Waals surface area contributed by atoms with Crippen LogP contribution in [0.25, 0.3) is 11.0 Å². The molecule has 36 heavy (non-hydrogen) atoms. The van der Waals surface area contributed by atoms with Gasteiger partial charge in [-0.3, -0.25) is 19.3 Å². The van der Waals surface area contributed by atoms with E-state index < -0.39 is 11.9 Å². The number of carbonyl (C=O) groups is 3. The molecular formula is C27H29N5O4. The van der Waals surface area contributed by atoms with Crippen molar-refractivity contribution in [3.8, 4) is 0 Å². The summed E-state index contributed by atoms with van der Waals surface area (Å²) in [5.74, 6) is -0.232. The van der Waals surface area contributed by atoms with E-state index in [1.54, 1.807) is 36.4 Å². The SMILES string of the molecule is CC(=O)c1cccc(N(C(=O)Cn2nnc3ccccc32)[C@H](C(=O)NCCC(C)C)c2ccco2)c1. The molecule has 0 saturated carbocycles. The number of aromatic nitrogens is 3. The number of para-hydroxylation sites is 1. The van der Waals surface area contributed by atoms with Gasteiger partial charge in [-0.2, -0.15) is 0 Å². The average molecular weight is 488 g/mol. The fraction of sp³-hybridized carbons (Fsp3) is 0.296. The van der Waals surface area contributed by atoms with E-state index in [0.717, 1.165) is 6.42 Å². The van der Waals surface area contributed by atoms with E-state index in [2.05, 4.69) is 29.5 Å². The third-order valence-corrected chi connectivity index (χ3v) is 5.84. The highest BCUT2D eigenvalue weighted by molar-refractivity contribution is 6.02. The predicted molar refractivity (Wildman–Crippen MR) is 135 cm³/mol. The van der Waals surface area contributed by atoms with Gasteiger partial charge in [0.15, 0.2) is 11.8 Å². The summed E-state index contributed by atoms with van der Waals surface area (Å²) in [6.45, 7) is 5.89. The number of benzene rings is 2. The van der Waals surface area contributed by atoms with E-state index in [0.29, 0.717) is 40.5 Å². The molecule has 4 aromatic rings. The minimum atomic E-state index is -1.09. The van der Waals surface area contributed by atoms with Crippen molar-refractivity contribution in [3.05, 3.63) is 78.3 Å². The molecule has 0 aliphatic rings. The summed E-state index contributed by atoms with van der Waals surface area (Å²) in [5, 5.41) is 11.2. The molecule has 2 aromatic carbocycles. The zero-order chi connectivity index (χ0) is 25.7. The van der Waals surface area contributed by atoms with Gasteiger partial charge in [-0.15, -0.1) is 5.10 Å². The normalized spacial score (nSPS) is 12.0. The molecule has 0 aliphatic heterocycles. The van der Waals surface area contributed by atoms with Crippen molar-refractivity contribution in [2.45, 2.75) is 39.8 Å². The Bertz CT molecular complexity index is 1360. The third kappa shape index (κ3) is 5.51. The fourth-order valence-electron chi connectivity index (χ4n) is 3.95. The zero-order valence-corrected chi connectivity index (χ0v) is 20.5. The van der Waals surface area contributed by atoms with Crippen LogP contribution in [0.2, 0.25) is 0 Å². The minimum absolute atomic E-state index is 0.151. The van der Waals surface area contributed by atoms with Gasteiger partial charge in [-0.25, -0.2) is 4.68 Å². The first kappa shape index (κ1) is 24.8. The van der Waals surface area contributed by atoms with Crippen LogP contribution in [0.4, 0.5) is 5.69 Å². The van der Waals surface area contributed by atoms with E-state index in [1.165, 1.54) is 22.8 Å². The maximum Gasteiger partial charge on any atom is 0.251 e. The largest absolute Gasteiger partial charge is 0.467 e. The lowest BCUT2D eigenvalue weighted by molar-refractivity contribution is -0.127. The first-order chi connectivity index (χ1) is 17.3. The number of fused-ring (bicyclic) bond motifs is 1. The molecule has 2 aromatic heterocycles. The summed E-state index contributed by atoms with van der Waals surface area (Å²) in [6, 6.07) is 16.2. The van der Waals surface area contributed by atoms with Crippen LogP contribution in [-0.2, 0) is 16.1 Å². The highest BCUT2D eigenvalue weighted by Crippen LogP contribution is 2.30. The number of nitrogens with one attached hydrogen (secondary N) is 1. The Kier molecular flexibility index (Phi) is 7.58. The fourth-order valence-corrected chi connectivity index (χ4v) is 3.95. The van der Waals surface area contributed by atoms with Crippen LogP contribution in [0, 0.1) is 5.92 Å². The van der Waals surface area contributed by atoms with E-state index in [4.69, 9.17) is 4.42 Å². The van der Waals surface area contributed by atoms with Crippen molar-refractivity contribution in [2.75, 3.05) is 11.4 Å². The summed E-state index contributed by atoms with van der Waals surface area (Å²) < 4.78 is 7.12. The van der Waals surface area contributed by atoms with Gasteiger partial charge in [0, 0.05) is 17.8 Å². The van der Waals surface area contributed by atoms with Gasteiger partial charge in [0.25, 0.3) is 5.91 Å². The Hall–Kier alpha value is -4.27. The number of furan rings is 1. The molecule has 0 unspecified atom stereocenters. The van der Waals surface area contributed by atoms with Gasteiger partial charge in [0.2, 0.25) is 5.91 Å². The molecule has 9 heteroatoms. The average Bonchev–Trinajstić information content (AvgIpc) is 3.53. The van der Waals surface area contributed by atoms with Crippen LogP contribution in [0.15, 0.2) is 71.3 Å². The monoisotopic (exact) mass is 487 g/mol. The molecule has 2 amide bonds. The predicted octanol–water partition coefficient (Wildman–Crippen LogP) is 4.16. The van der Waals surface area contributed by atoms with E-state index in [-0.39, 0.29) is 18.2 Å². The lowest BCUT2D eigenvalue weighted by Gasteiger charge is -2.30. The Balaban J connectivity index is 1.76. The summed E-state index contributed by atoms with van der Waals surface area (Å²) in [7, 11) is 0. The Labute approximate surface area is 209 Å². The smallest absolute Gasteiger partial charge is 0.251 e. The van der Waals surface area contributed by atoms with Gasteiger partial charge < -0.3 is 9.73 Å². The Morgan fingerprint density at radius 3 is 2.58 bits per heavy atom. The number of carbonyl (C=O) groups excluding carboxylic acids is 3. The zero-order valence-electron chi connectivity index (χ0n) is 20.5. The highest BCUT2D eigenvalue weighted by Gasteiger charge is 2.35.